The van der Waals surface area contributed by atoms with Gasteiger partial charge >= 0.3 is 0 Å². The maximum Gasteiger partial charge on any atom is 0.250 e. The summed E-state index contributed by atoms with van der Waals surface area (Å²) < 4.78 is 5.53. The van der Waals surface area contributed by atoms with Gasteiger partial charge in [0, 0.05) is 18.0 Å². The number of nitrogens with two attached hydrogens (primary N) is 2. The van der Waals surface area contributed by atoms with Gasteiger partial charge in [-0.05, 0) is 24.3 Å². The molecule has 0 unspecified atom stereocenters. The van der Waals surface area contributed by atoms with E-state index in [4.69, 9.17) is 16.2 Å². The number of carbonyl (C=O) groups excluding carboxylic acids is 1. The molecule has 0 fully saturated rings. The first-order chi connectivity index (χ1) is 9.65. The van der Waals surface area contributed by atoms with Crippen LogP contribution in [0.1, 0.15) is 10.4 Å². The van der Waals surface area contributed by atoms with E-state index in [0.717, 1.165) is 5.75 Å². The summed E-state index contributed by atoms with van der Waals surface area (Å²) in [6.45, 7) is 1.06. The lowest BCUT2D eigenvalue weighted by Gasteiger charge is -2.08. The van der Waals surface area contributed by atoms with Crippen molar-refractivity contribution < 1.29 is 9.53 Å². The zero-order valence-corrected chi connectivity index (χ0v) is 10.9. The van der Waals surface area contributed by atoms with E-state index >= 15 is 0 Å². The van der Waals surface area contributed by atoms with Gasteiger partial charge in [-0.2, -0.15) is 0 Å². The van der Waals surface area contributed by atoms with Gasteiger partial charge < -0.3 is 21.5 Å². The molecule has 0 aliphatic rings. The van der Waals surface area contributed by atoms with E-state index in [-0.39, 0.29) is 0 Å². The van der Waals surface area contributed by atoms with Crippen LogP contribution in [0.25, 0.3) is 0 Å². The highest BCUT2D eigenvalue weighted by Crippen LogP contribution is 2.14. The number of nitrogens with one attached hydrogen (secondary N) is 1. The van der Waals surface area contributed by atoms with Gasteiger partial charge in [-0.25, -0.2) is 4.98 Å². The maximum absolute atomic E-state index is 10.9. The fraction of sp³-hybridized carbons (Fsp3) is 0.143. The van der Waals surface area contributed by atoms with E-state index in [1.54, 1.807) is 24.3 Å². The molecular weight excluding hydrogens is 256 g/mol. The first-order valence-corrected chi connectivity index (χ1v) is 6.13. The van der Waals surface area contributed by atoms with Gasteiger partial charge in [-0.1, -0.05) is 6.07 Å². The van der Waals surface area contributed by atoms with Crippen LogP contribution in [0, 0.1) is 0 Å². The quantitative estimate of drug-likeness (QED) is 0.542. The smallest absolute Gasteiger partial charge is 0.250 e. The Morgan fingerprint density at radius 2 is 2.15 bits per heavy atom. The molecule has 6 nitrogen and oxygen atoms in total. The largest absolute Gasteiger partial charge is 0.492 e. The van der Waals surface area contributed by atoms with Gasteiger partial charge in [0.15, 0.2) is 0 Å². The van der Waals surface area contributed by atoms with Gasteiger partial charge in [0.1, 0.15) is 18.2 Å². The lowest BCUT2D eigenvalue weighted by molar-refractivity contribution is 0.1000. The molecule has 0 spiro atoms. The molecule has 1 aromatic carbocycles. The Hall–Kier alpha value is -2.76. The normalized spacial score (nSPS) is 10.0. The molecule has 0 radical (unpaired) electrons. The van der Waals surface area contributed by atoms with Crippen LogP contribution in [0.4, 0.5) is 11.5 Å². The predicted octanol–water partition coefficient (Wildman–Crippen LogP) is 1.25. The van der Waals surface area contributed by atoms with Crippen LogP contribution in [0.2, 0.25) is 0 Å². The number of rotatable bonds is 6. The zero-order valence-electron chi connectivity index (χ0n) is 10.9. The van der Waals surface area contributed by atoms with Gasteiger partial charge in [-0.3, -0.25) is 4.79 Å². The van der Waals surface area contributed by atoms with Crippen molar-refractivity contribution in [1.29, 1.82) is 0 Å². The van der Waals surface area contributed by atoms with Crippen LogP contribution in [0.5, 0.6) is 5.75 Å². The molecule has 104 valence electrons. The number of pyridine rings is 1. The summed E-state index contributed by atoms with van der Waals surface area (Å²) in [5, 5.41) is 3.08. The van der Waals surface area contributed by atoms with Crippen molar-refractivity contribution in [3.8, 4) is 5.75 Å². The molecule has 1 amide bonds. The van der Waals surface area contributed by atoms with E-state index in [1.165, 1.54) is 6.20 Å². The second-order valence-electron chi connectivity index (χ2n) is 4.14. The van der Waals surface area contributed by atoms with Crippen molar-refractivity contribution >= 4 is 17.4 Å². The lowest BCUT2D eigenvalue weighted by atomic mass is 10.3. The van der Waals surface area contributed by atoms with E-state index in [1.807, 2.05) is 12.1 Å². The Morgan fingerprint density at radius 3 is 2.80 bits per heavy atom. The number of hydrogen-bond acceptors (Lipinski definition) is 5. The number of hydrogen-bond donors (Lipinski definition) is 3. The number of carbonyl (C=O) groups is 1. The zero-order chi connectivity index (χ0) is 14.4. The van der Waals surface area contributed by atoms with Crippen molar-refractivity contribution in [3.05, 3.63) is 48.2 Å². The number of nitrogens with zero attached hydrogens (tertiary/aromatic N) is 1. The summed E-state index contributed by atoms with van der Waals surface area (Å²) in [5.74, 6) is 0.893. The van der Waals surface area contributed by atoms with Gasteiger partial charge in [-0.15, -0.1) is 0 Å². The summed E-state index contributed by atoms with van der Waals surface area (Å²) >= 11 is 0. The number of ether oxygens (including phenoxy) is 1. The molecule has 0 saturated carbocycles. The second-order valence-corrected chi connectivity index (χ2v) is 4.14. The molecular formula is C14H16N4O2. The number of benzene rings is 1. The van der Waals surface area contributed by atoms with Crippen molar-refractivity contribution in [2.45, 2.75) is 0 Å². The third-order valence-corrected chi connectivity index (χ3v) is 2.58. The lowest BCUT2D eigenvalue weighted by Crippen LogP contribution is -2.14. The van der Waals surface area contributed by atoms with Gasteiger partial charge in [0.05, 0.1) is 12.1 Å². The summed E-state index contributed by atoms with van der Waals surface area (Å²) in [6.07, 6.45) is 1.43. The van der Waals surface area contributed by atoms with E-state index in [9.17, 15) is 4.79 Å². The number of nitrogen functional groups attached to an aromatic ring is 1. The Labute approximate surface area is 116 Å². The Bertz CT molecular complexity index is 584. The van der Waals surface area contributed by atoms with Crippen molar-refractivity contribution in [3.63, 3.8) is 0 Å². The molecule has 1 heterocycles. The van der Waals surface area contributed by atoms with Crippen LogP contribution in [-0.4, -0.2) is 24.0 Å². The monoisotopic (exact) mass is 272 g/mol. The third-order valence-electron chi connectivity index (χ3n) is 2.58. The standard InChI is InChI=1S/C14H16N4O2/c15-11-2-1-3-12(8-11)20-7-6-17-13-5-4-10(9-18-13)14(16)19/h1-5,8-9H,6-7,15H2,(H2,16,19)(H,17,18). The van der Waals surface area contributed by atoms with Crippen LogP contribution in [0.3, 0.4) is 0 Å². The van der Waals surface area contributed by atoms with Crippen molar-refractivity contribution in [1.82, 2.24) is 4.98 Å². The average molecular weight is 272 g/mol. The minimum atomic E-state index is -0.492. The van der Waals surface area contributed by atoms with Crippen molar-refractivity contribution in [2.24, 2.45) is 5.73 Å². The fourth-order valence-electron chi connectivity index (χ4n) is 1.60. The van der Waals surface area contributed by atoms with Crippen LogP contribution < -0.4 is 21.5 Å². The third kappa shape index (κ3) is 3.88. The number of primary amides is 1. The van der Waals surface area contributed by atoms with Crippen LogP contribution >= 0.6 is 0 Å². The molecule has 6 heteroatoms. The highest BCUT2D eigenvalue weighted by atomic mass is 16.5. The van der Waals surface area contributed by atoms with Gasteiger partial charge in [0.25, 0.3) is 0 Å². The topological polar surface area (TPSA) is 103 Å². The predicted molar refractivity (Wildman–Crippen MR) is 77.6 cm³/mol. The van der Waals surface area contributed by atoms with E-state index < -0.39 is 5.91 Å². The first-order valence-electron chi connectivity index (χ1n) is 6.13. The highest BCUT2D eigenvalue weighted by molar-refractivity contribution is 5.92. The minimum Gasteiger partial charge on any atom is -0.492 e. The molecule has 20 heavy (non-hydrogen) atoms. The number of aromatic nitrogens is 1. The fourth-order valence-corrected chi connectivity index (χ4v) is 1.60. The summed E-state index contributed by atoms with van der Waals surface area (Å²) in [6, 6.07) is 10.6. The number of anilines is 2. The Balaban J connectivity index is 1.77. The van der Waals surface area contributed by atoms with Gasteiger partial charge in [0.2, 0.25) is 5.91 Å². The molecule has 0 aliphatic carbocycles. The molecule has 0 saturated heterocycles. The number of amides is 1. The molecule has 1 aromatic heterocycles. The average Bonchev–Trinajstić information content (AvgIpc) is 2.44. The summed E-state index contributed by atoms with van der Waals surface area (Å²) in [5.41, 5.74) is 11.8. The highest BCUT2D eigenvalue weighted by Gasteiger charge is 2.00. The van der Waals surface area contributed by atoms with Crippen molar-refractivity contribution in [2.75, 3.05) is 24.2 Å². The molecule has 5 N–H and O–H groups in total. The minimum absolute atomic E-state index is 0.381. The van der Waals surface area contributed by atoms with Crippen LogP contribution in [-0.2, 0) is 0 Å². The maximum atomic E-state index is 10.9. The van der Waals surface area contributed by atoms with E-state index in [2.05, 4.69) is 10.3 Å². The molecule has 2 rings (SSSR count). The Morgan fingerprint density at radius 1 is 1.30 bits per heavy atom. The Kier molecular flexibility index (Phi) is 4.39. The summed E-state index contributed by atoms with van der Waals surface area (Å²) in [4.78, 5) is 15.0. The van der Waals surface area contributed by atoms with E-state index in [0.29, 0.717) is 30.2 Å². The molecule has 0 bridgehead atoms. The SMILES string of the molecule is NC(=O)c1ccc(NCCOc2cccc(N)c2)nc1. The first kappa shape index (κ1) is 13.7. The summed E-state index contributed by atoms with van der Waals surface area (Å²) in [7, 11) is 0. The molecule has 0 aliphatic heterocycles. The second kappa shape index (κ2) is 6.42. The molecule has 0 atom stereocenters. The van der Waals surface area contributed by atoms with Crippen LogP contribution in [0.15, 0.2) is 42.6 Å². The molecule has 2 aromatic rings.